The Morgan fingerprint density at radius 1 is 1.19 bits per heavy atom. The second kappa shape index (κ2) is 6.85. The average Bonchev–Trinajstić information content (AvgIpc) is 2.72. The Kier molecular flexibility index (Phi) is 4.90. The lowest BCUT2D eigenvalue weighted by Crippen LogP contribution is -1.84. The number of aromatic nitrogens is 1. The van der Waals surface area contributed by atoms with E-state index in [1.165, 1.54) is 10.1 Å². The van der Waals surface area contributed by atoms with Crippen LogP contribution >= 0.6 is 12.2 Å². The van der Waals surface area contributed by atoms with Crippen LogP contribution in [-0.4, -0.2) is 15.9 Å². The first-order valence-electron chi connectivity index (χ1n) is 6.41. The molecule has 0 aliphatic heterocycles. The van der Waals surface area contributed by atoms with E-state index in [-0.39, 0.29) is 10.7 Å². The van der Waals surface area contributed by atoms with Crippen molar-refractivity contribution in [3.05, 3.63) is 58.7 Å². The number of nitrogens with zero attached hydrogens (tertiary/aromatic N) is 2. The molecule has 0 saturated heterocycles. The number of oxazole rings is 1. The topological polar surface area (TPSA) is 50.7 Å². The monoisotopic (exact) mass is 300 g/mol. The summed E-state index contributed by atoms with van der Waals surface area (Å²) in [6.45, 7) is 2.04. The highest BCUT2D eigenvalue weighted by atomic mass is 32.1. The van der Waals surface area contributed by atoms with Gasteiger partial charge in [-0.15, -0.1) is 0 Å². The zero-order valence-electron chi connectivity index (χ0n) is 11.9. The third-order valence-corrected chi connectivity index (χ3v) is 3.18. The highest BCUT2D eigenvalue weighted by Crippen LogP contribution is 2.20. The molecule has 5 heteroatoms. The van der Waals surface area contributed by atoms with E-state index in [0.29, 0.717) is 5.76 Å². The van der Waals surface area contributed by atoms with Crippen LogP contribution < -0.4 is 0 Å². The Morgan fingerprint density at radius 3 is 2.52 bits per heavy atom. The zero-order chi connectivity index (χ0) is 15.2. The summed E-state index contributed by atoms with van der Waals surface area (Å²) in [5, 5.41) is 9.69. The van der Waals surface area contributed by atoms with E-state index >= 15 is 0 Å². The highest BCUT2D eigenvalue weighted by molar-refractivity contribution is 7.71. The van der Waals surface area contributed by atoms with Gasteiger partial charge in [0, 0.05) is 13.3 Å². The Hall–Kier alpha value is -2.40. The fraction of sp³-hybridized carbons (Fsp3) is 0.125. The second-order valence-electron chi connectivity index (χ2n) is 4.47. The molecule has 0 bridgehead atoms. The number of hydrogen-bond acceptors (Lipinski definition) is 4. The molecule has 0 amide bonds. The fourth-order valence-corrected chi connectivity index (χ4v) is 1.76. The molecule has 0 aliphatic rings. The predicted molar refractivity (Wildman–Crippen MR) is 87.7 cm³/mol. The van der Waals surface area contributed by atoms with Gasteiger partial charge in [-0.1, -0.05) is 29.8 Å². The molecule has 2 aromatic rings. The van der Waals surface area contributed by atoms with Crippen molar-refractivity contribution in [1.82, 2.24) is 4.57 Å². The summed E-state index contributed by atoms with van der Waals surface area (Å²) in [4.78, 5) is 4.52. The van der Waals surface area contributed by atoms with Crippen molar-refractivity contribution in [2.24, 2.45) is 12.0 Å². The van der Waals surface area contributed by atoms with Gasteiger partial charge in [-0.3, -0.25) is 9.56 Å². The van der Waals surface area contributed by atoms with E-state index in [1.807, 2.05) is 31.2 Å². The van der Waals surface area contributed by atoms with Crippen LogP contribution in [0.3, 0.4) is 0 Å². The van der Waals surface area contributed by atoms with E-state index in [9.17, 15) is 5.11 Å². The van der Waals surface area contributed by atoms with Gasteiger partial charge in [0.1, 0.15) is 0 Å². The van der Waals surface area contributed by atoms with E-state index in [1.54, 1.807) is 37.6 Å². The Morgan fingerprint density at radius 2 is 1.90 bits per heavy atom. The number of aromatic hydroxyl groups is 1. The number of rotatable bonds is 4. The predicted octanol–water partition coefficient (Wildman–Crippen LogP) is 4.33. The van der Waals surface area contributed by atoms with Crippen LogP contribution in [-0.2, 0) is 7.05 Å². The zero-order valence-corrected chi connectivity index (χ0v) is 12.7. The summed E-state index contributed by atoms with van der Waals surface area (Å²) >= 11 is 4.91. The molecule has 0 saturated carbocycles. The maximum atomic E-state index is 9.69. The van der Waals surface area contributed by atoms with Crippen LogP contribution in [0.5, 0.6) is 5.88 Å². The van der Waals surface area contributed by atoms with Crippen LogP contribution in [0.4, 0.5) is 5.69 Å². The minimum Gasteiger partial charge on any atom is -0.492 e. The third kappa shape index (κ3) is 4.03. The second-order valence-corrected chi connectivity index (χ2v) is 4.82. The van der Waals surface area contributed by atoms with Crippen LogP contribution in [0.2, 0.25) is 0 Å². The van der Waals surface area contributed by atoms with Gasteiger partial charge < -0.3 is 9.52 Å². The maximum absolute atomic E-state index is 9.69. The number of aliphatic imine (C=N–C) groups is 1. The van der Waals surface area contributed by atoms with Crippen molar-refractivity contribution in [3.8, 4) is 5.88 Å². The first-order chi connectivity index (χ1) is 10.1. The van der Waals surface area contributed by atoms with E-state index in [0.717, 1.165) is 5.69 Å². The largest absolute Gasteiger partial charge is 0.492 e. The number of aryl methyl sites for hydroxylation is 1. The van der Waals surface area contributed by atoms with Gasteiger partial charge in [0.05, 0.1) is 5.69 Å². The van der Waals surface area contributed by atoms with Crippen molar-refractivity contribution in [1.29, 1.82) is 0 Å². The van der Waals surface area contributed by atoms with Gasteiger partial charge in [-0.2, -0.15) is 0 Å². The van der Waals surface area contributed by atoms with Gasteiger partial charge in [0.15, 0.2) is 5.76 Å². The van der Waals surface area contributed by atoms with Crippen molar-refractivity contribution in [2.45, 2.75) is 6.92 Å². The van der Waals surface area contributed by atoms with Gasteiger partial charge >= 0.3 is 0 Å². The highest BCUT2D eigenvalue weighted by Gasteiger charge is 2.06. The molecule has 1 aromatic carbocycles. The molecule has 1 heterocycles. The van der Waals surface area contributed by atoms with Crippen molar-refractivity contribution in [3.63, 3.8) is 0 Å². The Balaban J connectivity index is 1.96. The number of hydrogen-bond donors (Lipinski definition) is 1. The van der Waals surface area contributed by atoms with Gasteiger partial charge in [-0.25, -0.2) is 0 Å². The summed E-state index contributed by atoms with van der Waals surface area (Å²) < 4.78 is 6.61. The molecule has 108 valence electrons. The average molecular weight is 300 g/mol. The molecule has 0 aliphatic carbocycles. The van der Waals surface area contributed by atoms with Crippen LogP contribution in [0.25, 0.3) is 6.08 Å². The van der Waals surface area contributed by atoms with Crippen LogP contribution in [0, 0.1) is 11.8 Å². The van der Waals surface area contributed by atoms with Crippen molar-refractivity contribution >= 4 is 30.2 Å². The summed E-state index contributed by atoms with van der Waals surface area (Å²) in [6.07, 6.45) is 8.68. The molecular formula is C16H16N2O2S. The lowest BCUT2D eigenvalue weighted by molar-refractivity contribution is 0.428. The lowest BCUT2D eigenvalue weighted by atomic mass is 10.2. The van der Waals surface area contributed by atoms with Gasteiger partial charge in [0.2, 0.25) is 5.88 Å². The van der Waals surface area contributed by atoms with Crippen LogP contribution in [0.1, 0.15) is 11.3 Å². The van der Waals surface area contributed by atoms with E-state index < -0.39 is 0 Å². The van der Waals surface area contributed by atoms with Crippen LogP contribution in [0.15, 0.2) is 51.9 Å². The number of benzene rings is 1. The lowest BCUT2D eigenvalue weighted by Gasteiger charge is -1.92. The van der Waals surface area contributed by atoms with Crippen molar-refractivity contribution < 1.29 is 9.52 Å². The minimum atomic E-state index is 0.0120. The normalized spacial score (nSPS) is 12.1. The van der Waals surface area contributed by atoms with E-state index in [2.05, 4.69) is 4.99 Å². The van der Waals surface area contributed by atoms with Gasteiger partial charge in [0.25, 0.3) is 4.84 Å². The fourth-order valence-electron chi connectivity index (χ4n) is 1.59. The van der Waals surface area contributed by atoms with Crippen molar-refractivity contribution in [2.75, 3.05) is 0 Å². The molecule has 0 unspecified atom stereocenters. The summed E-state index contributed by atoms with van der Waals surface area (Å²) in [7, 11) is 1.64. The molecule has 4 nitrogen and oxygen atoms in total. The third-order valence-electron chi connectivity index (χ3n) is 2.82. The molecule has 1 aromatic heterocycles. The molecule has 2 rings (SSSR count). The summed E-state index contributed by atoms with van der Waals surface area (Å²) in [6, 6.07) is 7.95. The maximum Gasteiger partial charge on any atom is 0.271 e. The van der Waals surface area contributed by atoms with Gasteiger partial charge in [-0.05, 0) is 43.4 Å². The summed E-state index contributed by atoms with van der Waals surface area (Å²) in [5.41, 5.74) is 2.11. The molecule has 0 fully saturated rings. The first-order valence-corrected chi connectivity index (χ1v) is 6.81. The molecule has 0 atom stereocenters. The molecule has 0 spiro atoms. The smallest absolute Gasteiger partial charge is 0.271 e. The number of allylic oxidation sites excluding steroid dienone is 3. The molecule has 0 radical (unpaired) electrons. The first kappa shape index (κ1) is 15.0. The molecule has 21 heavy (non-hydrogen) atoms. The quantitative estimate of drug-likeness (QED) is 0.519. The Labute approximate surface area is 128 Å². The summed E-state index contributed by atoms with van der Waals surface area (Å²) in [5.74, 6) is 0.348. The SMILES string of the molecule is Cc1ccc(N=CC=CC=Cc2oc(=S)n(C)c2O)cc1. The molecule has 1 N–H and O–H groups in total. The standard InChI is InChI=1S/C16H16N2O2S/c1-12-7-9-13(10-8-12)17-11-5-3-4-6-14-15(19)18(2)16(21)20-14/h3-11,19H,1-2H3. The van der Waals surface area contributed by atoms with E-state index in [4.69, 9.17) is 16.6 Å². The Bertz CT molecular complexity index is 750. The molecular weight excluding hydrogens is 284 g/mol. The minimum absolute atomic E-state index is 0.0120.